The Labute approximate surface area is 303 Å². The molecule has 0 unspecified atom stereocenters. The topological polar surface area (TPSA) is 111 Å². The smallest absolute Gasteiger partial charge is 0.383 e. The minimum absolute atomic E-state index is 1.58. The third-order valence-electron chi connectivity index (χ3n) is 6.03. The van der Waals surface area contributed by atoms with Crippen molar-refractivity contribution in [3.63, 3.8) is 0 Å². The molecule has 2 saturated heterocycles. The van der Waals surface area contributed by atoms with Gasteiger partial charge in [0.2, 0.25) is 0 Å². The van der Waals surface area contributed by atoms with E-state index in [4.69, 9.17) is 49.4 Å². The summed E-state index contributed by atoms with van der Waals surface area (Å²) >= 11 is 0. The Hall–Kier alpha value is 2.47. The van der Waals surface area contributed by atoms with Gasteiger partial charge in [0, 0.05) is 0 Å². The predicted molar refractivity (Wildman–Crippen MR) is 219 cm³/mol. The SMILES string of the molecule is C[Si]1(C)O[Si](C)(C)O[Si](C)(C)O[Si](C)(S[Si]2(C)O[Si](C)(C)O[Si](C)(C)O[Si](C)(C)O[Si](C)(C)O[Si](C)(C)O2)O[Si](C)(C)O[Si](C)(C)O1. The first-order valence-electron chi connectivity index (χ1n) is 16.3. The normalized spacial score (nSPS) is 32.3. The molecule has 25 heteroatoms. The summed E-state index contributed by atoms with van der Waals surface area (Å²) in [4.78, 5) is 0. The molecule has 0 spiro atoms. The second kappa shape index (κ2) is 14.3. The molecule has 0 atom stereocenters. The zero-order valence-corrected chi connectivity index (χ0v) is 46.1. The summed E-state index contributed by atoms with van der Waals surface area (Å²) in [6.07, 6.45) is 0. The highest BCUT2D eigenvalue weighted by Crippen LogP contribution is 2.43. The monoisotopic (exact) mass is 890 g/mol. The number of hydrogen-bond donors (Lipinski definition) is 0. The van der Waals surface area contributed by atoms with Gasteiger partial charge in [-0.1, -0.05) is 10.7 Å². The molecule has 0 aliphatic carbocycles. The minimum Gasteiger partial charge on any atom is -0.416 e. The fraction of sp³-hybridized carbons (Fsp3) is 1.00. The maximum absolute atomic E-state index is 7.19. The first-order chi connectivity index (χ1) is 20.2. The summed E-state index contributed by atoms with van der Waals surface area (Å²) in [7, 11) is -32.3. The van der Waals surface area contributed by atoms with E-state index in [0.717, 1.165) is 0 Å². The van der Waals surface area contributed by atoms with Crippen LogP contribution < -0.4 is 0 Å². The lowest BCUT2D eigenvalue weighted by atomic mass is 11.9. The van der Waals surface area contributed by atoms with Crippen LogP contribution in [-0.4, -0.2) is 101 Å². The average Bonchev–Trinajstić information content (AvgIpc) is 2.52. The Morgan fingerprint density at radius 2 is 0.298 bits per heavy atom. The van der Waals surface area contributed by atoms with Crippen molar-refractivity contribution in [3.8, 4) is 0 Å². The van der Waals surface area contributed by atoms with Crippen molar-refractivity contribution in [2.45, 2.75) is 144 Å². The fourth-order valence-corrected chi connectivity index (χ4v) is 88.5. The third-order valence-corrected chi connectivity index (χ3v) is 63.9. The van der Waals surface area contributed by atoms with Crippen LogP contribution >= 0.6 is 10.7 Å². The Bertz CT molecular complexity index is 967. The zero-order valence-electron chi connectivity index (χ0n) is 33.3. The Morgan fingerprint density at radius 1 is 0.191 bits per heavy atom. The first kappa shape index (κ1) is 45.6. The van der Waals surface area contributed by atoms with E-state index in [1.807, 2.05) is 0 Å². The summed E-state index contributed by atoms with van der Waals surface area (Å²) in [5.74, 6) is 0. The maximum Gasteiger partial charge on any atom is 0.383 e. The second-order valence-electron chi connectivity index (χ2n) is 17.0. The van der Waals surface area contributed by atoms with Crippen LogP contribution in [-0.2, 0) is 49.4 Å². The summed E-state index contributed by atoms with van der Waals surface area (Å²) in [6.45, 7) is 45.4. The highest BCUT2D eigenvalue weighted by Gasteiger charge is 2.60. The van der Waals surface area contributed by atoms with Crippen molar-refractivity contribution in [1.82, 2.24) is 0 Å². The van der Waals surface area contributed by atoms with Crippen LogP contribution in [0.25, 0.3) is 0 Å². The largest absolute Gasteiger partial charge is 0.416 e. The van der Waals surface area contributed by atoms with Crippen LogP contribution in [0.4, 0.5) is 0 Å². The molecule has 2 fully saturated rings. The second-order valence-corrected chi connectivity index (χ2v) is 65.4. The molecule has 47 heavy (non-hydrogen) atoms. The Kier molecular flexibility index (Phi) is 13.9. The van der Waals surface area contributed by atoms with Gasteiger partial charge in [0.05, 0.1) is 0 Å². The Balaban J connectivity index is 2.70. The number of rotatable bonds is 2. The molecule has 0 radical (unpaired) electrons. The molecule has 0 N–H and O–H groups in total. The van der Waals surface area contributed by atoms with Crippen molar-refractivity contribution in [1.29, 1.82) is 0 Å². The molecular weight excluding hydrogens is 825 g/mol. The molecule has 2 heterocycles. The molecule has 0 aromatic rings. The van der Waals surface area contributed by atoms with Gasteiger partial charge in [-0.05, 0) is 144 Å². The molecule has 2 aliphatic rings. The van der Waals surface area contributed by atoms with Gasteiger partial charge in [-0.2, -0.15) is 0 Å². The third kappa shape index (κ3) is 16.2. The lowest BCUT2D eigenvalue weighted by Crippen LogP contribution is -2.67. The van der Waals surface area contributed by atoms with Gasteiger partial charge in [-0.25, -0.2) is 0 Å². The molecule has 2 rings (SSSR count). The van der Waals surface area contributed by atoms with E-state index in [1.54, 1.807) is 10.7 Å². The highest BCUT2D eigenvalue weighted by molar-refractivity contribution is 8.48. The van der Waals surface area contributed by atoms with Gasteiger partial charge in [0.15, 0.2) is 0 Å². The van der Waals surface area contributed by atoms with Crippen LogP contribution in [0.2, 0.25) is 144 Å². The van der Waals surface area contributed by atoms with Crippen LogP contribution in [0.15, 0.2) is 0 Å². The van der Waals surface area contributed by atoms with E-state index in [1.165, 1.54) is 0 Å². The standard InChI is InChI=1S/C22H66O12SSi12/c1-36(2)23-38(5,6)27-42(13,14)31-46(21,32-43(15,16)28-39(7,8)24-36)35-47(22)33-44(17,18)29-40(9,10)25-37(3,4)26-41(11,12)30-45(19,20)34-47/h1-22H3. The molecule has 0 aromatic carbocycles. The van der Waals surface area contributed by atoms with Crippen molar-refractivity contribution in [2.75, 3.05) is 0 Å². The van der Waals surface area contributed by atoms with E-state index >= 15 is 0 Å². The minimum atomic E-state index is -3.27. The molecule has 12 nitrogen and oxygen atoms in total. The lowest BCUT2D eigenvalue weighted by Gasteiger charge is -2.49. The molecule has 2 aliphatic heterocycles. The van der Waals surface area contributed by atoms with E-state index < -0.39 is 101 Å². The van der Waals surface area contributed by atoms with Gasteiger partial charge in [0.1, 0.15) is 0 Å². The summed E-state index contributed by atoms with van der Waals surface area (Å²) in [6, 6.07) is 0. The summed E-state index contributed by atoms with van der Waals surface area (Å²) < 4.78 is 83.0. The van der Waals surface area contributed by atoms with Gasteiger partial charge >= 0.3 is 101 Å². The van der Waals surface area contributed by atoms with E-state index in [0.29, 0.717) is 0 Å². The maximum atomic E-state index is 7.19. The van der Waals surface area contributed by atoms with Crippen LogP contribution in [0.3, 0.4) is 0 Å². The average molecular weight is 892 g/mol. The molecule has 0 bridgehead atoms. The predicted octanol–water partition coefficient (Wildman–Crippen LogP) is 8.10. The molecular formula is C22H66O12SSi12. The molecule has 0 saturated carbocycles. The lowest BCUT2D eigenvalue weighted by molar-refractivity contribution is 0.244. The van der Waals surface area contributed by atoms with Crippen LogP contribution in [0.1, 0.15) is 0 Å². The van der Waals surface area contributed by atoms with Gasteiger partial charge in [-0.3, -0.25) is 0 Å². The highest BCUT2D eigenvalue weighted by atomic mass is 32.5. The van der Waals surface area contributed by atoms with Crippen molar-refractivity contribution in [2.24, 2.45) is 0 Å². The zero-order chi connectivity index (χ0) is 37.2. The fourth-order valence-electron chi connectivity index (χ4n) is 7.19. The van der Waals surface area contributed by atoms with E-state index in [-0.39, 0.29) is 0 Å². The first-order valence-corrected chi connectivity index (χ1v) is 51.4. The molecule has 0 amide bonds. The van der Waals surface area contributed by atoms with Crippen molar-refractivity contribution in [3.05, 3.63) is 0 Å². The summed E-state index contributed by atoms with van der Waals surface area (Å²) in [5.41, 5.74) is 0. The molecule has 280 valence electrons. The van der Waals surface area contributed by atoms with Crippen LogP contribution in [0.5, 0.6) is 0 Å². The quantitative estimate of drug-likeness (QED) is 0.250. The van der Waals surface area contributed by atoms with Gasteiger partial charge in [0.25, 0.3) is 0 Å². The van der Waals surface area contributed by atoms with E-state index in [9.17, 15) is 0 Å². The van der Waals surface area contributed by atoms with Crippen molar-refractivity contribution < 1.29 is 49.4 Å². The number of hydrogen-bond acceptors (Lipinski definition) is 13. The molecule has 0 aromatic heterocycles. The van der Waals surface area contributed by atoms with Gasteiger partial charge < -0.3 is 49.4 Å². The Morgan fingerprint density at radius 3 is 0.426 bits per heavy atom. The van der Waals surface area contributed by atoms with E-state index in [2.05, 4.69) is 144 Å². The van der Waals surface area contributed by atoms with Crippen molar-refractivity contribution >= 4 is 112 Å². The van der Waals surface area contributed by atoms with Gasteiger partial charge in [-0.15, -0.1) is 0 Å². The summed E-state index contributed by atoms with van der Waals surface area (Å²) in [5, 5.41) is 0. The van der Waals surface area contributed by atoms with Crippen LogP contribution in [0, 0.1) is 0 Å².